The lowest BCUT2D eigenvalue weighted by atomic mass is 9.55. The summed E-state index contributed by atoms with van der Waals surface area (Å²) in [6, 6.07) is 28.8. The van der Waals surface area contributed by atoms with E-state index in [1.54, 1.807) is 29.7 Å². The van der Waals surface area contributed by atoms with Crippen molar-refractivity contribution in [2.75, 3.05) is 39.5 Å². The van der Waals surface area contributed by atoms with Gasteiger partial charge in [0.15, 0.2) is 11.5 Å². The molecule has 344 valence electrons. The van der Waals surface area contributed by atoms with Gasteiger partial charge in [-0.15, -0.1) is 18.3 Å². The standard InChI is InChI=1S/C52H60N2O10S/c1-4-27-61-52-48(54(51(57)58-5-2)32-36-17-23-46-47(28-36)60-34-59-46)31-44(53-62-33-35-13-7-6-8-14-35)42-29-37(15-9-11-25-55)41(16-10-12-26-56)49(50(42)52)43-30-39(20-24-45(43)64-52)63-38-18-21-40(65-3)22-19-38/h4,6-8,13-14,17-24,28-30,37,41,48-50,55-56H,1,5,9-12,15-16,25-27,31-34H2,2-3H3/t37-,41+,48-,49+,50+,52+/m0/s1. The molecule has 4 aromatic rings. The minimum absolute atomic E-state index is 0.0367. The minimum atomic E-state index is -1.47. The lowest BCUT2D eigenvalue weighted by molar-refractivity contribution is -0.256. The molecule has 4 aromatic carbocycles. The smallest absolute Gasteiger partial charge is 0.410 e. The molecule has 2 N–H and O–H groups in total. The molecule has 1 saturated carbocycles. The number of aliphatic hydroxyl groups excluding tert-OH is 2. The Kier molecular flexibility index (Phi) is 15.4. The van der Waals surface area contributed by atoms with Crippen LogP contribution in [0.4, 0.5) is 4.79 Å². The second-order valence-corrected chi connectivity index (χ2v) is 17.7. The van der Waals surface area contributed by atoms with Crippen LogP contribution in [0.15, 0.2) is 125 Å². The highest BCUT2D eigenvalue weighted by molar-refractivity contribution is 7.98. The molecule has 2 aliphatic heterocycles. The summed E-state index contributed by atoms with van der Waals surface area (Å²) in [5.74, 6) is 1.12. The largest absolute Gasteiger partial charge is 0.459 e. The van der Waals surface area contributed by atoms with Crippen LogP contribution in [0.25, 0.3) is 0 Å². The first-order valence-corrected chi connectivity index (χ1v) is 24.0. The van der Waals surface area contributed by atoms with Crippen LogP contribution in [0.5, 0.6) is 28.7 Å². The molecular weight excluding hydrogens is 845 g/mol. The van der Waals surface area contributed by atoms with Gasteiger partial charge in [-0.05, 0) is 122 Å². The molecule has 0 unspecified atom stereocenters. The number of amides is 1. The number of unbranched alkanes of at least 4 members (excludes halogenated alkanes) is 2. The van der Waals surface area contributed by atoms with Gasteiger partial charge in [-0.3, -0.25) is 4.90 Å². The number of oxime groups is 1. The lowest BCUT2D eigenvalue weighted by Gasteiger charge is -2.59. The molecule has 0 bridgehead atoms. The van der Waals surface area contributed by atoms with Crippen LogP contribution in [0, 0.1) is 17.8 Å². The van der Waals surface area contributed by atoms with E-state index >= 15 is 0 Å². The molecule has 65 heavy (non-hydrogen) atoms. The maximum absolute atomic E-state index is 14.6. The first-order chi connectivity index (χ1) is 31.9. The van der Waals surface area contributed by atoms with Crippen molar-refractivity contribution in [3.63, 3.8) is 0 Å². The van der Waals surface area contributed by atoms with Gasteiger partial charge in [-0.2, -0.15) is 0 Å². The zero-order valence-corrected chi connectivity index (χ0v) is 38.1. The first kappa shape index (κ1) is 46.1. The second-order valence-electron chi connectivity index (χ2n) is 16.8. The van der Waals surface area contributed by atoms with Gasteiger partial charge in [0.25, 0.3) is 0 Å². The van der Waals surface area contributed by atoms with Crippen LogP contribution in [0.3, 0.4) is 0 Å². The number of carbonyl (C=O) groups excluding carboxylic acids is 1. The molecule has 0 radical (unpaired) electrons. The highest BCUT2D eigenvalue weighted by Crippen LogP contribution is 2.62. The van der Waals surface area contributed by atoms with Crippen molar-refractivity contribution in [2.24, 2.45) is 22.9 Å². The Morgan fingerprint density at radius 3 is 2.42 bits per heavy atom. The first-order valence-electron chi connectivity index (χ1n) is 22.8. The Hall–Kier alpha value is -5.47. The Morgan fingerprint density at radius 2 is 1.66 bits per heavy atom. The van der Waals surface area contributed by atoms with Crippen molar-refractivity contribution in [1.82, 2.24) is 4.90 Å². The highest BCUT2D eigenvalue weighted by atomic mass is 32.2. The number of allylic oxidation sites excluding steroid dienone is 1. The van der Waals surface area contributed by atoms with E-state index in [0.717, 1.165) is 52.8 Å². The molecule has 8 rings (SSSR count). The predicted molar refractivity (Wildman–Crippen MR) is 250 cm³/mol. The Labute approximate surface area is 386 Å². The number of aliphatic hydroxyl groups is 2. The van der Waals surface area contributed by atoms with E-state index in [4.69, 9.17) is 38.4 Å². The number of carbonyl (C=O) groups is 1. The van der Waals surface area contributed by atoms with Crippen LogP contribution in [0.1, 0.15) is 74.5 Å². The molecule has 13 heteroatoms. The van der Waals surface area contributed by atoms with Crippen molar-refractivity contribution < 1.29 is 48.3 Å². The number of fused-ring (bicyclic) bond motifs is 3. The third kappa shape index (κ3) is 10.2. The topological polar surface area (TPSA) is 138 Å². The molecule has 4 aliphatic rings. The fourth-order valence-electron chi connectivity index (χ4n) is 10.00. The molecule has 1 fully saturated rings. The quantitative estimate of drug-likeness (QED) is 0.0358. The number of rotatable bonds is 21. The third-order valence-corrected chi connectivity index (χ3v) is 13.6. The van der Waals surface area contributed by atoms with Crippen molar-refractivity contribution in [2.45, 2.75) is 87.7 Å². The fraction of sp³-hybridized carbons (Fsp3) is 0.423. The van der Waals surface area contributed by atoms with Gasteiger partial charge >= 0.3 is 6.09 Å². The van der Waals surface area contributed by atoms with Crippen molar-refractivity contribution in [1.29, 1.82) is 0 Å². The van der Waals surface area contributed by atoms with E-state index in [-0.39, 0.29) is 70.5 Å². The van der Waals surface area contributed by atoms with E-state index in [1.165, 1.54) is 0 Å². The average molecular weight is 905 g/mol. The van der Waals surface area contributed by atoms with E-state index in [2.05, 4.69) is 18.7 Å². The number of hydrogen-bond donors (Lipinski definition) is 2. The number of nitrogens with zero attached hydrogens (tertiary/aromatic N) is 2. The average Bonchev–Trinajstić information content (AvgIpc) is 3.80. The molecular formula is C52H60N2O10S. The van der Waals surface area contributed by atoms with E-state index in [9.17, 15) is 15.0 Å². The van der Waals surface area contributed by atoms with Gasteiger partial charge < -0.3 is 43.5 Å². The number of benzene rings is 4. The van der Waals surface area contributed by atoms with Crippen LogP contribution >= 0.6 is 11.8 Å². The molecule has 2 aliphatic carbocycles. The van der Waals surface area contributed by atoms with Crippen molar-refractivity contribution >= 4 is 23.6 Å². The van der Waals surface area contributed by atoms with E-state index in [1.807, 2.05) is 91.2 Å². The minimum Gasteiger partial charge on any atom is -0.459 e. The summed E-state index contributed by atoms with van der Waals surface area (Å²) < 4.78 is 38.4. The van der Waals surface area contributed by atoms with Crippen molar-refractivity contribution in [3.8, 4) is 28.7 Å². The van der Waals surface area contributed by atoms with Crippen LogP contribution in [0.2, 0.25) is 0 Å². The summed E-state index contributed by atoms with van der Waals surface area (Å²) in [5.41, 5.74) is 4.36. The summed E-state index contributed by atoms with van der Waals surface area (Å²) in [6.45, 7) is 6.82. The molecule has 12 nitrogen and oxygen atoms in total. The highest BCUT2D eigenvalue weighted by Gasteiger charge is 2.65. The van der Waals surface area contributed by atoms with Gasteiger partial charge in [0.1, 0.15) is 29.9 Å². The molecule has 0 spiro atoms. The summed E-state index contributed by atoms with van der Waals surface area (Å²) in [4.78, 5) is 23.7. The van der Waals surface area contributed by atoms with Crippen molar-refractivity contribution in [3.05, 3.63) is 132 Å². The monoisotopic (exact) mass is 904 g/mol. The maximum Gasteiger partial charge on any atom is 0.410 e. The van der Waals surface area contributed by atoms with E-state index < -0.39 is 23.8 Å². The van der Waals surface area contributed by atoms with Crippen LogP contribution < -0.4 is 18.9 Å². The van der Waals surface area contributed by atoms with Gasteiger partial charge in [-0.1, -0.05) is 66.5 Å². The SMILES string of the molecule is C=CCO[C@@]12Oc3ccc(Oc4ccc(SC)cc4)cc3[C@H]3[C@H](CCCCO)[C@@H](CCCCO)C=C(C(=NOCc4ccccc4)C[C@@H]1N(Cc1ccc4c(c1)OCO4)C(=O)OCC)[C@H]32. The van der Waals surface area contributed by atoms with Gasteiger partial charge in [0.2, 0.25) is 12.6 Å². The fourth-order valence-corrected chi connectivity index (χ4v) is 10.4. The van der Waals surface area contributed by atoms with Crippen LogP contribution in [-0.2, 0) is 27.5 Å². The number of ether oxygens (including phenoxy) is 6. The number of hydrogen-bond acceptors (Lipinski definition) is 12. The number of thioether (sulfide) groups is 1. The zero-order valence-electron chi connectivity index (χ0n) is 37.3. The lowest BCUT2D eigenvalue weighted by Crippen LogP contribution is -2.70. The second kappa shape index (κ2) is 21.7. The van der Waals surface area contributed by atoms with E-state index in [0.29, 0.717) is 47.3 Å². The maximum atomic E-state index is 14.6. The predicted octanol–water partition coefficient (Wildman–Crippen LogP) is 10.4. The Bertz CT molecular complexity index is 2300. The van der Waals surface area contributed by atoms with Gasteiger partial charge in [-0.25, -0.2) is 4.79 Å². The summed E-state index contributed by atoms with van der Waals surface area (Å²) in [7, 11) is 0. The van der Waals surface area contributed by atoms with Gasteiger partial charge in [0, 0.05) is 42.6 Å². The molecule has 1 amide bonds. The van der Waals surface area contributed by atoms with Crippen LogP contribution in [-0.4, -0.2) is 78.2 Å². The third-order valence-electron chi connectivity index (χ3n) is 12.9. The Balaban J connectivity index is 1.32. The molecule has 0 aromatic heterocycles. The molecule has 2 heterocycles. The summed E-state index contributed by atoms with van der Waals surface area (Å²) in [6.07, 6.45) is 10.3. The Morgan fingerprint density at radius 1 is 0.908 bits per heavy atom. The summed E-state index contributed by atoms with van der Waals surface area (Å²) in [5, 5.41) is 25.0. The van der Waals surface area contributed by atoms with Gasteiger partial charge in [0.05, 0.1) is 24.8 Å². The normalized spacial score (nSPS) is 23.1. The summed E-state index contributed by atoms with van der Waals surface area (Å²) >= 11 is 1.67. The molecule has 6 atom stereocenters. The molecule has 0 saturated heterocycles. The zero-order chi connectivity index (χ0) is 45.2.